The van der Waals surface area contributed by atoms with Crippen LogP contribution in [0.4, 0.5) is 5.82 Å². The van der Waals surface area contributed by atoms with Gasteiger partial charge < -0.3 is 10.6 Å². The second-order valence-electron chi connectivity index (χ2n) is 4.78. The molecule has 2 heterocycles. The molecule has 1 aliphatic rings. The molecule has 2 N–H and O–H groups in total. The van der Waals surface area contributed by atoms with Crippen molar-refractivity contribution in [2.75, 3.05) is 18.0 Å². The molecule has 0 spiro atoms. The first-order valence-electron chi connectivity index (χ1n) is 6.00. The van der Waals surface area contributed by atoms with E-state index in [0.717, 1.165) is 37.6 Å². The molecule has 1 aromatic rings. The maximum atomic E-state index is 5.98. The fourth-order valence-electron chi connectivity index (χ4n) is 2.04. The Morgan fingerprint density at radius 1 is 1.50 bits per heavy atom. The number of anilines is 1. The van der Waals surface area contributed by atoms with Crippen molar-refractivity contribution in [2.45, 2.75) is 38.6 Å². The van der Waals surface area contributed by atoms with E-state index < -0.39 is 0 Å². The van der Waals surface area contributed by atoms with E-state index in [1.54, 1.807) is 0 Å². The molecule has 1 aliphatic heterocycles. The summed E-state index contributed by atoms with van der Waals surface area (Å²) >= 11 is 0. The minimum Gasteiger partial charge on any atom is -0.355 e. The number of hydrogen-bond donors (Lipinski definition) is 1. The van der Waals surface area contributed by atoms with E-state index in [4.69, 9.17) is 5.73 Å². The number of rotatable bonds is 2. The van der Waals surface area contributed by atoms with Gasteiger partial charge in [-0.15, -0.1) is 0 Å². The highest BCUT2D eigenvalue weighted by Gasteiger charge is 2.18. The van der Waals surface area contributed by atoms with E-state index in [2.05, 4.69) is 28.7 Å². The summed E-state index contributed by atoms with van der Waals surface area (Å²) in [5.74, 6) is 2.31. The molecule has 0 aliphatic carbocycles. The molecule has 1 saturated heterocycles. The van der Waals surface area contributed by atoms with Crippen molar-refractivity contribution in [2.24, 2.45) is 5.73 Å². The quantitative estimate of drug-likeness (QED) is 0.821. The molecule has 0 bridgehead atoms. The molecule has 1 atom stereocenters. The third-order valence-corrected chi connectivity index (χ3v) is 2.96. The number of nitrogens with two attached hydrogens (primary N) is 1. The summed E-state index contributed by atoms with van der Waals surface area (Å²) in [7, 11) is 0. The largest absolute Gasteiger partial charge is 0.355 e. The average molecular weight is 220 g/mol. The van der Waals surface area contributed by atoms with Crippen molar-refractivity contribution in [3.63, 3.8) is 0 Å². The molecule has 0 radical (unpaired) electrons. The van der Waals surface area contributed by atoms with Crippen LogP contribution in [0, 0.1) is 0 Å². The van der Waals surface area contributed by atoms with Crippen LogP contribution in [-0.4, -0.2) is 29.1 Å². The van der Waals surface area contributed by atoms with Crippen LogP contribution in [0.15, 0.2) is 12.3 Å². The molecule has 4 heteroatoms. The van der Waals surface area contributed by atoms with Crippen LogP contribution in [0.1, 0.15) is 38.4 Å². The lowest BCUT2D eigenvalue weighted by Gasteiger charge is -2.31. The SMILES string of the molecule is CC(C)c1nccc(N2CCCC(N)C2)n1. The van der Waals surface area contributed by atoms with Crippen molar-refractivity contribution >= 4 is 5.82 Å². The van der Waals surface area contributed by atoms with E-state index in [0.29, 0.717) is 5.92 Å². The monoisotopic (exact) mass is 220 g/mol. The first-order valence-corrected chi connectivity index (χ1v) is 6.00. The summed E-state index contributed by atoms with van der Waals surface area (Å²) in [5, 5.41) is 0. The lowest BCUT2D eigenvalue weighted by atomic mass is 10.1. The van der Waals surface area contributed by atoms with E-state index in [1.807, 2.05) is 12.3 Å². The highest BCUT2D eigenvalue weighted by Crippen LogP contribution is 2.18. The molecule has 4 nitrogen and oxygen atoms in total. The number of piperidine rings is 1. The van der Waals surface area contributed by atoms with Gasteiger partial charge in [-0.1, -0.05) is 13.8 Å². The van der Waals surface area contributed by atoms with Crippen molar-refractivity contribution in [3.8, 4) is 0 Å². The Morgan fingerprint density at radius 3 is 3.00 bits per heavy atom. The fourth-order valence-corrected chi connectivity index (χ4v) is 2.04. The van der Waals surface area contributed by atoms with Crippen LogP contribution in [0.5, 0.6) is 0 Å². The van der Waals surface area contributed by atoms with Gasteiger partial charge in [-0.05, 0) is 18.9 Å². The summed E-state index contributed by atoms with van der Waals surface area (Å²) < 4.78 is 0. The Morgan fingerprint density at radius 2 is 2.31 bits per heavy atom. The predicted octanol–water partition coefficient (Wildman–Crippen LogP) is 1.53. The lowest BCUT2D eigenvalue weighted by Crippen LogP contribution is -2.43. The molecule has 1 unspecified atom stereocenters. The highest BCUT2D eigenvalue weighted by molar-refractivity contribution is 5.38. The highest BCUT2D eigenvalue weighted by atomic mass is 15.2. The molecular formula is C12H20N4. The number of aromatic nitrogens is 2. The van der Waals surface area contributed by atoms with Crippen LogP contribution in [0.2, 0.25) is 0 Å². The second-order valence-corrected chi connectivity index (χ2v) is 4.78. The van der Waals surface area contributed by atoms with Gasteiger partial charge in [0.15, 0.2) is 0 Å². The summed E-state index contributed by atoms with van der Waals surface area (Å²) in [6.45, 7) is 6.19. The summed E-state index contributed by atoms with van der Waals surface area (Å²) in [6.07, 6.45) is 4.12. The predicted molar refractivity (Wildman–Crippen MR) is 65.5 cm³/mol. The molecular weight excluding hydrogens is 200 g/mol. The van der Waals surface area contributed by atoms with Gasteiger partial charge in [-0.3, -0.25) is 0 Å². The minimum atomic E-state index is 0.284. The Labute approximate surface area is 96.9 Å². The van der Waals surface area contributed by atoms with E-state index in [9.17, 15) is 0 Å². The van der Waals surface area contributed by atoms with Crippen molar-refractivity contribution < 1.29 is 0 Å². The van der Waals surface area contributed by atoms with Gasteiger partial charge in [0.25, 0.3) is 0 Å². The van der Waals surface area contributed by atoms with Crippen LogP contribution >= 0.6 is 0 Å². The zero-order valence-corrected chi connectivity index (χ0v) is 10.1. The van der Waals surface area contributed by atoms with Gasteiger partial charge >= 0.3 is 0 Å². The first kappa shape index (κ1) is 11.3. The summed E-state index contributed by atoms with van der Waals surface area (Å²) in [5.41, 5.74) is 5.98. The smallest absolute Gasteiger partial charge is 0.133 e. The number of hydrogen-bond acceptors (Lipinski definition) is 4. The molecule has 88 valence electrons. The van der Waals surface area contributed by atoms with E-state index in [-0.39, 0.29) is 6.04 Å². The van der Waals surface area contributed by atoms with Gasteiger partial charge in [0.2, 0.25) is 0 Å². The van der Waals surface area contributed by atoms with Gasteiger partial charge in [0.1, 0.15) is 11.6 Å². The molecule has 0 saturated carbocycles. The Kier molecular flexibility index (Phi) is 3.39. The zero-order valence-electron chi connectivity index (χ0n) is 10.1. The summed E-state index contributed by atoms with van der Waals surface area (Å²) in [4.78, 5) is 11.1. The fraction of sp³-hybridized carbons (Fsp3) is 0.667. The lowest BCUT2D eigenvalue weighted by molar-refractivity contribution is 0.502. The Bertz CT molecular complexity index is 351. The van der Waals surface area contributed by atoms with Crippen LogP contribution in [0.25, 0.3) is 0 Å². The maximum Gasteiger partial charge on any atom is 0.133 e. The normalized spacial score (nSPS) is 21.5. The molecule has 0 aromatic carbocycles. The molecule has 0 amide bonds. The van der Waals surface area contributed by atoms with Gasteiger partial charge in [-0.2, -0.15) is 0 Å². The Hall–Kier alpha value is -1.16. The third kappa shape index (κ3) is 2.50. The van der Waals surface area contributed by atoms with Crippen molar-refractivity contribution in [1.82, 2.24) is 9.97 Å². The average Bonchev–Trinajstić information content (AvgIpc) is 2.29. The topological polar surface area (TPSA) is 55.0 Å². The van der Waals surface area contributed by atoms with Gasteiger partial charge in [0, 0.05) is 31.2 Å². The van der Waals surface area contributed by atoms with Crippen LogP contribution in [-0.2, 0) is 0 Å². The number of nitrogens with zero attached hydrogens (tertiary/aromatic N) is 3. The minimum absolute atomic E-state index is 0.284. The summed E-state index contributed by atoms with van der Waals surface area (Å²) in [6, 6.07) is 2.26. The van der Waals surface area contributed by atoms with Crippen LogP contribution in [0.3, 0.4) is 0 Å². The molecule has 1 fully saturated rings. The Balaban J connectivity index is 2.16. The van der Waals surface area contributed by atoms with Crippen molar-refractivity contribution in [1.29, 1.82) is 0 Å². The maximum absolute atomic E-state index is 5.98. The van der Waals surface area contributed by atoms with E-state index in [1.165, 1.54) is 0 Å². The molecule has 2 rings (SSSR count). The zero-order chi connectivity index (χ0) is 11.5. The van der Waals surface area contributed by atoms with Gasteiger partial charge in [0.05, 0.1) is 0 Å². The van der Waals surface area contributed by atoms with Crippen molar-refractivity contribution in [3.05, 3.63) is 18.1 Å². The van der Waals surface area contributed by atoms with Gasteiger partial charge in [-0.25, -0.2) is 9.97 Å². The first-order chi connectivity index (χ1) is 7.66. The standard InChI is InChI=1S/C12H20N4/c1-9(2)12-14-6-5-11(15-12)16-7-3-4-10(13)8-16/h5-6,9-10H,3-4,7-8,13H2,1-2H3. The molecule has 16 heavy (non-hydrogen) atoms. The van der Waals surface area contributed by atoms with E-state index >= 15 is 0 Å². The second kappa shape index (κ2) is 4.78. The van der Waals surface area contributed by atoms with Crippen LogP contribution < -0.4 is 10.6 Å². The molecule has 1 aromatic heterocycles. The third-order valence-electron chi connectivity index (χ3n) is 2.96.